The SMILES string of the molecule is Cc1ccc(NC(C)(CO)C2CCCCC2)cc1. The predicted octanol–water partition coefficient (Wildman–Crippen LogP) is 3.74. The van der Waals surface area contributed by atoms with Crippen LogP contribution in [0.4, 0.5) is 5.69 Å². The van der Waals surface area contributed by atoms with Gasteiger partial charge >= 0.3 is 0 Å². The van der Waals surface area contributed by atoms with E-state index in [1.807, 2.05) is 0 Å². The Morgan fingerprint density at radius 2 is 1.78 bits per heavy atom. The van der Waals surface area contributed by atoms with Crippen molar-refractivity contribution in [1.29, 1.82) is 0 Å². The van der Waals surface area contributed by atoms with Crippen LogP contribution in [0, 0.1) is 12.8 Å². The maximum atomic E-state index is 9.79. The van der Waals surface area contributed by atoms with Gasteiger partial charge in [0.1, 0.15) is 0 Å². The minimum Gasteiger partial charge on any atom is -0.394 e. The Labute approximate surface area is 110 Å². The van der Waals surface area contributed by atoms with E-state index in [2.05, 4.69) is 43.4 Å². The number of nitrogens with one attached hydrogen (secondary N) is 1. The van der Waals surface area contributed by atoms with E-state index in [0.717, 1.165) is 5.69 Å². The summed E-state index contributed by atoms with van der Waals surface area (Å²) in [5.74, 6) is 0.581. The van der Waals surface area contributed by atoms with Crippen molar-refractivity contribution in [1.82, 2.24) is 0 Å². The molecule has 1 atom stereocenters. The second kappa shape index (κ2) is 5.75. The Hall–Kier alpha value is -1.02. The van der Waals surface area contributed by atoms with E-state index in [4.69, 9.17) is 0 Å². The highest BCUT2D eigenvalue weighted by atomic mass is 16.3. The number of anilines is 1. The van der Waals surface area contributed by atoms with Crippen LogP contribution in [0.3, 0.4) is 0 Å². The summed E-state index contributed by atoms with van der Waals surface area (Å²) in [6, 6.07) is 8.43. The molecule has 2 rings (SSSR count). The number of rotatable bonds is 4. The lowest BCUT2D eigenvalue weighted by atomic mass is 9.76. The smallest absolute Gasteiger partial charge is 0.0661 e. The molecule has 0 bridgehead atoms. The summed E-state index contributed by atoms with van der Waals surface area (Å²) in [6.45, 7) is 4.45. The summed E-state index contributed by atoms with van der Waals surface area (Å²) in [5.41, 5.74) is 2.20. The van der Waals surface area contributed by atoms with Crippen LogP contribution in [-0.4, -0.2) is 17.3 Å². The molecule has 0 spiro atoms. The normalized spacial score (nSPS) is 20.4. The molecule has 2 N–H and O–H groups in total. The zero-order chi connectivity index (χ0) is 13.0. The van der Waals surface area contributed by atoms with Crippen LogP contribution < -0.4 is 5.32 Å². The van der Waals surface area contributed by atoms with Gasteiger partial charge in [0.15, 0.2) is 0 Å². The van der Waals surface area contributed by atoms with Gasteiger partial charge in [0.25, 0.3) is 0 Å². The third-order valence-electron chi connectivity index (χ3n) is 4.32. The largest absolute Gasteiger partial charge is 0.394 e. The van der Waals surface area contributed by atoms with E-state index < -0.39 is 0 Å². The molecule has 18 heavy (non-hydrogen) atoms. The maximum absolute atomic E-state index is 9.79. The van der Waals surface area contributed by atoms with Gasteiger partial charge in [-0.3, -0.25) is 0 Å². The quantitative estimate of drug-likeness (QED) is 0.849. The average Bonchev–Trinajstić information content (AvgIpc) is 2.42. The van der Waals surface area contributed by atoms with Crippen molar-refractivity contribution in [3.05, 3.63) is 29.8 Å². The summed E-state index contributed by atoms with van der Waals surface area (Å²) >= 11 is 0. The highest BCUT2D eigenvalue weighted by molar-refractivity contribution is 5.46. The maximum Gasteiger partial charge on any atom is 0.0661 e. The molecule has 1 aliphatic rings. The van der Waals surface area contributed by atoms with E-state index in [1.54, 1.807) is 0 Å². The van der Waals surface area contributed by atoms with Gasteiger partial charge in [0, 0.05) is 5.69 Å². The summed E-state index contributed by atoms with van der Waals surface area (Å²) in [4.78, 5) is 0. The molecule has 2 nitrogen and oxygen atoms in total. The number of aliphatic hydroxyl groups is 1. The zero-order valence-corrected chi connectivity index (χ0v) is 11.6. The van der Waals surface area contributed by atoms with Gasteiger partial charge in [-0.2, -0.15) is 0 Å². The lowest BCUT2D eigenvalue weighted by Gasteiger charge is -2.40. The average molecular weight is 247 g/mol. The number of benzene rings is 1. The van der Waals surface area contributed by atoms with Crippen LogP contribution in [-0.2, 0) is 0 Å². The summed E-state index contributed by atoms with van der Waals surface area (Å²) in [5, 5.41) is 13.3. The van der Waals surface area contributed by atoms with Crippen molar-refractivity contribution in [3.8, 4) is 0 Å². The molecule has 1 unspecified atom stereocenters. The van der Waals surface area contributed by atoms with Crippen LogP contribution >= 0.6 is 0 Å². The third-order valence-corrected chi connectivity index (χ3v) is 4.32. The molecule has 0 aliphatic heterocycles. The first kappa shape index (κ1) is 13.4. The highest BCUT2D eigenvalue weighted by Gasteiger charge is 2.34. The lowest BCUT2D eigenvalue weighted by Crippen LogP contribution is -2.47. The first-order chi connectivity index (χ1) is 8.64. The fourth-order valence-electron chi connectivity index (χ4n) is 2.98. The van der Waals surface area contributed by atoms with Crippen LogP contribution in [0.15, 0.2) is 24.3 Å². The molecule has 1 saturated carbocycles. The van der Waals surface area contributed by atoms with Gasteiger partial charge in [0.05, 0.1) is 12.1 Å². The van der Waals surface area contributed by atoms with Gasteiger partial charge in [-0.05, 0) is 44.7 Å². The highest BCUT2D eigenvalue weighted by Crippen LogP contribution is 2.34. The topological polar surface area (TPSA) is 32.3 Å². The zero-order valence-electron chi connectivity index (χ0n) is 11.6. The molecule has 2 heteroatoms. The third kappa shape index (κ3) is 3.05. The molecule has 1 aromatic rings. The van der Waals surface area contributed by atoms with Gasteiger partial charge in [-0.25, -0.2) is 0 Å². The Balaban J connectivity index is 2.08. The summed E-state index contributed by atoms with van der Waals surface area (Å²) in [7, 11) is 0. The number of hydrogen-bond donors (Lipinski definition) is 2. The molecule has 0 amide bonds. The Bertz CT molecular complexity index is 367. The van der Waals surface area contributed by atoms with E-state index in [-0.39, 0.29) is 12.1 Å². The predicted molar refractivity (Wildman–Crippen MR) is 76.9 cm³/mol. The molecule has 0 saturated heterocycles. The fraction of sp³-hybridized carbons (Fsp3) is 0.625. The molecular weight excluding hydrogens is 222 g/mol. The van der Waals surface area contributed by atoms with Crippen molar-refractivity contribution in [2.75, 3.05) is 11.9 Å². The summed E-state index contributed by atoms with van der Waals surface area (Å²) in [6.07, 6.45) is 6.42. The number of aryl methyl sites for hydroxylation is 1. The van der Waals surface area contributed by atoms with Crippen molar-refractivity contribution < 1.29 is 5.11 Å². The Kier molecular flexibility index (Phi) is 4.28. The monoisotopic (exact) mass is 247 g/mol. The molecule has 0 aromatic heterocycles. The molecule has 1 fully saturated rings. The van der Waals surface area contributed by atoms with E-state index in [9.17, 15) is 5.11 Å². The van der Waals surface area contributed by atoms with Crippen LogP contribution in [0.5, 0.6) is 0 Å². The van der Waals surface area contributed by atoms with Gasteiger partial charge in [-0.1, -0.05) is 37.0 Å². The van der Waals surface area contributed by atoms with Crippen LogP contribution in [0.2, 0.25) is 0 Å². The van der Waals surface area contributed by atoms with E-state index in [1.165, 1.54) is 37.7 Å². The van der Waals surface area contributed by atoms with Crippen molar-refractivity contribution >= 4 is 5.69 Å². The molecule has 1 aromatic carbocycles. The lowest BCUT2D eigenvalue weighted by molar-refractivity contribution is 0.144. The minimum atomic E-state index is -0.185. The van der Waals surface area contributed by atoms with E-state index >= 15 is 0 Å². The molecule has 0 heterocycles. The van der Waals surface area contributed by atoms with Gasteiger partial charge < -0.3 is 10.4 Å². The van der Waals surface area contributed by atoms with Crippen LogP contribution in [0.25, 0.3) is 0 Å². The van der Waals surface area contributed by atoms with Crippen molar-refractivity contribution in [3.63, 3.8) is 0 Å². The van der Waals surface area contributed by atoms with Crippen molar-refractivity contribution in [2.45, 2.75) is 51.5 Å². The Morgan fingerprint density at radius 1 is 1.17 bits per heavy atom. The Morgan fingerprint density at radius 3 is 2.33 bits per heavy atom. The van der Waals surface area contributed by atoms with Crippen LogP contribution in [0.1, 0.15) is 44.6 Å². The van der Waals surface area contributed by atoms with Crippen molar-refractivity contribution in [2.24, 2.45) is 5.92 Å². The second-order valence-electron chi connectivity index (χ2n) is 5.90. The standard InChI is InChI=1S/C16H25NO/c1-13-8-10-15(11-9-13)17-16(2,12-18)14-6-4-3-5-7-14/h8-11,14,17-18H,3-7,12H2,1-2H3. The molecule has 100 valence electrons. The van der Waals surface area contributed by atoms with Gasteiger partial charge in [-0.15, -0.1) is 0 Å². The number of hydrogen-bond acceptors (Lipinski definition) is 2. The van der Waals surface area contributed by atoms with Gasteiger partial charge in [0.2, 0.25) is 0 Å². The minimum absolute atomic E-state index is 0.185. The number of aliphatic hydroxyl groups excluding tert-OH is 1. The fourth-order valence-corrected chi connectivity index (χ4v) is 2.98. The summed E-state index contributed by atoms with van der Waals surface area (Å²) < 4.78 is 0. The van der Waals surface area contributed by atoms with E-state index in [0.29, 0.717) is 5.92 Å². The first-order valence-electron chi connectivity index (χ1n) is 7.10. The first-order valence-corrected chi connectivity index (χ1v) is 7.10. The molecule has 1 aliphatic carbocycles. The molecular formula is C16H25NO. The second-order valence-corrected chi connectivity index (χ2v) is 5.90. The molecule has 0 radical (unpaired) electrons.